The molecule has 8 atom stereocenters. The summed E-state index contributed by atoms with van der Waals surface area (Å²) in [7, 11) is 0. The van der Waals surface area contributed by atoms with Crippen molar-refractivity contribution in [2.75, 3.05) is 6.61 Å². The van der Waals surface area contributed by atoms with Crippen molar-refractivity contribution >= 4 is 5.91 Å². The van der Waals surface area contributed by atoms with E-state index in [0.717, 1.165) is 25.9 Å². The fourth-order valence-corrected chi connectivity index (χ4v) is 5.52. The summed E-state index contributed by atoms with van der Waals surface area (Å²) in [6, 6.07) is 1.18. The molecular formula is C22H40N4O2. The third kappa shape index (κ3) is 5.07. The van der Waals surface area contributed by atoms with Gasteiger partial charge in [0.1, 0.15) is 0 Å². The van der Waals surface area contributed by atoms with E-state index in [1.165, 1.54) is 32.1 Å². The average Bonchev–Trinajstić information content (AvgIpc) is 3.45. The molecule has 1 amide bonds. The third-order valence-corrected chi connectivity index (χ3v) is 7.60. The molecule has 0 aromatic carbocycles. The first-order valence-corrected chi connectivity index (χ1v) is 11.7. The highest BCUT2D eigenvalue weighted by Gasteiger charge is 2.39. The van der Waals surface area contributed by atoms with Gasteiger partial charge in [-0.3, -0.25) is 15.4 Å². The topological polar surface area (TPSA) is 74.4 Å². The highest BCUT2D eigenvalue weighted by atomic mass is 16.7. The Balaban J connectivity index is 1.26. The van der Waals surface area contributed by atoms with E-state index in [-0.39, 0.29) is 11.9 Å². The Kier molecular flexibility index (Phi) is 6.60. The van der Waals surface area contributed by atoms with Crippen LogP contribution in [0.5, 0.6) is 0 Å². The molecule has 0 aromatic heterocycles. The van der Waals surface area contributed by atoms with Crippen molar-refractivity contribution in [3.8, 4) is 0 Å². The molecule has 2 aliphatic carbocycles. The van der Waals surface area contributed by atoms with Crippen LogP contribution in [0.1, 0.15) is 72.1 Å². The van der Waals surface area contributed by atoms with Crippen molar-refractivity contribution in [2.24, 2.45) is 23.7 Å². The van der Waals surface area contributed by atoms with Gasteiger partial charge in [0.25, 0.3) is 0 Å². The van der Waals surface area contributed by atoms with Gasteiger partial charge >= 0.3 is 0 Å². The maximum Gasteiger partial charge on any atom is 0.237 e. The summed E-state index contributed by atoms with van der Waals surface area (Å²) in [6.45, 7) is 7.68. The standard InChI is InChI=1S/C22H40N4O2/c1-13(9-19-14(2)12-28-26-19)17-5-4-6-18(11-17)24-22(27)20-10-15(3)23-21(25-20)16-7-8-16/h13-21,23,25-26H,4-12H2,1-3H3,(H,24,27)/t13-,14?,15?,17?,18?,19?,20?,21?/m1/s1. The Morgan fingerprint density at radius 1 is 1.14 bits per heavy atom. The molecule has 4 aliphatic rings. The molecule has 4 fully saturated rings. The zero-order valence-electron chi connectivity index (χ0n) is 17.9. The van der Waals surface area contributed by atoms with Gasteiger partial charge in [-0.1, -0.05) is 26.7 Å². The van der Waals surface area contributed by atoms with Crippen LogP contribution in [0.15, 0.2) is 0 Å². The zero-order valence-corrected chi connectivity index (χ0v) is 17.9. The minimum absolute atomic E-state index is 0.0414. The van der Waals surface area contributed by atoms with Crippen LogP contribution in [-0.4, -0.2) is 42.8 Å². The van der Waals surface area contributed by atoms with Gasteiger partial charge in [0.15, 0.2) is 0 Å². The van der Waals surface area contributed by atoms with Gasteiger partial charge in [0.2, 0.25) is 5.91 Å². The number of hydrogen-bond donors (Lipinski definition) is 4. The van der Waals surface area contributed by atoms with Gasteiger partial charge in [-0.25, -0.2) is 0 Å². The lowest BCUT2D eigenvalue weighted by molar-refractivity contribution is -0.125. The van der Waals surface area contributed by atoms with E-state index >= 15 is 0 Å². The molecule has 6 heteroatoms. The van der Waals surface area contributed by atoms with Crippen molar-refractivity contribution < 1.29 is 9.63 Å². The predicted octanol–water partition coefficient (Wildman–Crippen LogP) is 2.30. The Bertz CT molecular complexity index is 541. The molecule has 28 heavy (non-hydrogen) atoms. The first kappa shape index (κ1) is 20.6. The number of amides is 1. The molecule has 2 saturated heterocycles. The number of nitrogens with one attached hydrogen (secondary N) is 4. The van der Waals surface area contributed by atoms with Crippen LogP contribution < -0.4 is 21.4 Å². The summed E-state index contributed by atoms with van der Waals surface area (Å²) in [4.78, 5) is 18.4. The van der Waals surface area contributed by atoms with Crippen molar-refractivity contribution in [1.82, 2.24) is 21.4 Å². The van der Waals surface area contributed by atoms with E-state index in [2.05, 4.69) is 42.2 Å². The molecular weight excluding hydrogens is 352 g/mol. The maximum absolute atomic E-state index is 13.0. The Morgan fingerprint density at radius 2 is 1.96 bits per heavy atom. The number of carbonyl (C=O) groups excluding carboxylic acids is 1. The minimum Gasteiger partial charge on any atom is -0.352 e. The van der Waals surface area contributed by atoms with Crippen LogP contribution in [0.3, 0.4) is 0 Å². The van der Waals surface area contributed by atoms with Gasteiger partial charge in [0.05, 0.1) is 18.8 Å². The van der Waals surface area contributed by atoms with E-state index in [1.807, 2.05) is 0 Å². The van der Waals surface area contributed by atoms with E-state index in [4.69, 9.17) is 4.84 Å². The van der Waals surface area contributed by atoms with Crippen LogP contribution in [0.2, 0.25) is 0 Å². The molecule has 0 spiro atoms. The molecule has 2 heterocycles. The van der Waals surface area contributed by atoms with Gasteiger partial charge in [-0.15, -0.1) is 0 Å². The lowest BCUT2D eigenvalue weighted by atomic mass is 9.75. The third-order valence-electron chi connectivity index (χ3n) is 7.60. The Labute approximate surface area is 170 Å². The first-order chi connectivity index (χ1) is 13.5. The molecule has 160 valence electrons. The number of hydroxylamine groups is 1. The highest BCUT2D eigenvalue weighted by Crippen LogP contribution is 2.35. The van der Waals surface area contributed by atoms with Crippen LogP contribution in [-0.2, 0) is 9.63 Å². The van der Waals surface area contributed by atoms with E-state index in [0.29, 0.717) is 48.0 Å². The minimum atomic E-state index is -0.0414. The van der Waals surface area contributed by atoms with E-state index < -0.39 is 0 Å². The second-order valence-corrected chi connectivity index (χ2v) is 10.2. The molecule has 0 radical (unpaired) electrons. The molecule has 0 aromatic rings. The van der Waals surface area contributed by atoms with Crippen molar-refractivity contribution in [3.05, 3.63) is 0 Å². The van der Waals surface area contributed by atoms with Crippen LogP contribution in [0, 0.1) is 23.7 Å². The van der Waals surface area contributed by atoms with Crippen LogP contribution in [0.25, 0.3) is 0 Å². The van der Waals surface area contributed by atoms with E-state index in [1.54, 1.807) is 0 Å². The second kappa shape index (κ2) is 8.99. The van der Waals surface area contributed by atoms with Crippen molar-refractivity contribution in [2.45, 2.75) is 102 Å². The molecule has 6 nitrogen and oxygen atoms in total. The fourth-order valence-electron chi connectivity index (χ4n) is 5.52. The summed E-state index contributed by atoms with van der Waals surface area (Å²) < 4.78 is 0. The lowest BCUT2D eigenvalue weighted by Gasteiger charge is -2.38. The smallest absolute Gasteiger partial charge is 0.237 e. The summed E-state index contributed by atoms with van der Waals surface area (Å²) in [5, 5.41) is 10.6. The number of hydrogen-bond acceptors (Lipinski definition) is 5. The van der Waals surface area contributed by atoms with Crippen LogP contribution >= 0.6 is 0 Å². The lowest BCUT2D eigenvalue weighted by Crippen LogP contribution is -2.63. The fraction of sp³-hybridized carbons (Fsp3) is 0.955. The molecule has 0 bridgehead atoms. The molecule has 4 rings (SSSR count). The second-order valence-electron chi connectivity index (χ2n) is 10.2. The normalized spacial score (nSPS) is 42.9. The van der Waals surface area contributed by atoms with Crippen molar-refractivity contribution in [3.63, 3.8) is 0 Å². The quantitative estimate of drug-likeness (QED) is 0.558. The first-order valence-electron chi connectivity index (χ1n) is 11.7. The molecule has 7 unspecified atom stereocenters. The zero-order chi connectivity index (χ0) is 19.7. The summed E-state index contributed by atoms with van der Waals surface area (Å²) in [5.41, 5.74) is 3.20. The van der Waals surface area contributed by atoms with Gasteiger partial charge in [0, 0.05) is 18.1 Å². The highest BCUT2D eigenvalue weighted by molar-refractivity contribution is 5.82. The summed E-state index contributed by atoms with van der Waals surface area (Å²) in [5.74, 6) is 2.89. The largest absolute Gasteiger partial charge is 0.352 e. The average molecular weight is 393 g/mol. The van der Waals surface area contributed by atoms with E-state index in [9.17, 15) is 4.79 Å². The van der Waals surface area contributed by atoms with Gasteiger partial charge in [-0.05, 0) is 69.1 Å². The Hall–Kier alpha value is -0.690. The predicted molar refractivity (Wildman–Crippen MR) is 110 cm³/mol. The van der Waals surface area contributed by atoms with Crippen molar-refractivity contribution in [1.29, 1.82) is 0 Å². The van der Waals surface area contributed by atoms with Gasteiger partial charge in [-0.2, -0.15) is 5.48 Å². The van der Waals surface area contributed by atoms with Gasteiger partial charge < -0.3 is 10.2 Å². The SMILES string of the molecule is CC1CC(C(=O)NC2CCCC([C@H](C)CC3NOCC3C)C2)NC(C2CC2)N1. The summed E-state index contributed by atoms with van der Waals surface area (Å²) >= 11 is 0. The van der Waals surface area contributed by atoms with Crippen LogP contribution in [0.4, 0.5) is 0 Å². The molecule has 2 saturated carbocycles. The molecule has 4 N–H and O–H groups in total. The summed E-state index contributed by atoms with van der Waals surface area (Å²) in [6.07, 6.45) is 9.72. The molecule has 2 aliphatic heterocycles. The maximum atomic E-state index is 13.0. The number of rotatable bonds is 6. The monoisotopic (exact) mass is 392 g/mol. The Morgan fingerprint density at radius 3 is 2.68 bits per heavy atom. The number of carbonyl (C=O) groups is 1.